The summed E-state index contributed by atoms with van der Waals surface area (Å²) in [6, 6.07) is 0. The van der Waals surface area contributed by atoms with Crippen LogP contribution in [-0.4, -0.2) is 190 Å². The summed E-state index contributed by atoms with van der Waals surface area (Å²) in [7, 11) is 0. The van der Waals surface area contributed by atoms with Gasteiger partial charge in [0.2, 0.25) is 0 Å². The van der Waals surface area contributed by atoms with Gasteiger partial charge >= 0.3 is 6.09 Å². The van der Waals surface area contributed by atoms with E-state index in [0.717, 1.165) is 13.0 Å². The number of hydrogen-bond acceptors (Lipinski definition) is 15. The molecule has 0 fully saturated rings. The number of rotatable bonds is 44. The van der Waals surface area contributed by atoms with E-state index in [-0.39, 0.29) is 0 Å². The average Bonchev–Trinajstić information content (AvgIpc) is 3.12. The fraction of sp³-hybridized carbons (Fsp3) is 0.973. The van der Waals surface area contributed by atoms with Crippen LogP contribution in [-0.2, 0) is 66.3 Å². The molecule has 0 saturated heterocycles. The van der Waals surface area contributed by atoms with Crippen LogP contribution in [0.2, 0.25) is 0 Å². The van der Waals surface area contributed by atoms with Crippen molar-refractivity contribution in [3.63, 3.8) is 0 Å². The minimum absolute atomic E-state index is 0.382. The van der Waals surface area contributed by atoms with Crippen LogP contribution >= 0.6 is 0 Å². The molecule has 318 valence electrons. The van der Waals surface area contributed by atoms with E-state index in [4.69, 9.17) is 66.3 Å². The van der Waals surface area contributed by atoms with Crippen molar-refractivity contribution < 1.29 is 71.1 Å². The highest BCUT2D eigenvalue weighted by molar-refractivity contribution is 5.67. The first-order chi connectivity index (χ1) is 26.0. The number of amides is 1. The molecule has 0 radical (unpaired) electrons. The minimum atomic E-state index is -0.513. The second-order valence-corrected chi connectivity index (χ2v) is 12.5. The molecule has 16 heteroatoms. The smallest absolute Gasteiger partial charge is 0.407 e. The van der Waals surface area contributed by atoms with Gasteiger partial charge in [-0.3, -0.25) is 0 Å². The van der Waals surface area contributed by atoms with Crippen molar-refractivity contribution in [2.75, 3.05) is 178 Å². The van der Waals surface area contributed by atoms with E-state index in [1.54, 1.807) is 0 Å². The van der Waals surface area contributed by atoms with E-state index in [9.17, 15) is 4.79 Å². The molecule has 0 bridgehead atoms. The van der Waals surface area contributed by atoms with E-state index in [1.807, 2.05) is 20.8 Å². The Balaban J connectivity index is 3.09. The number of ether oxygens (including phenoxy) is 14. The number of nitrogens with one attached hydrogen (secondary N) is 1. The van der Waals surface area contributed by atoms with Gasteiger partial charge in [-0.2, -0.15) is 0 Å². The van der Waals surface area contributed by atoms with Gasteiger partial charge in [-0.05, 0) is 27.2 Å². The lowest BCUT2D eigenvalue weighted by atomic mass is 10.2. The topological polar surface area (TPSA) is 158 Å². The summed E-state index contributed by atoms with van der Waals surface area (Å²) >= 11 is 0. The van der Waals surface area contributed by atoms with Gasteiger partial charge < -0.3 is 71.6 Å². The number of alkyl carbamates (subject to hydrolysis) is 1. The molecule has 0 heterocycles. The Kier molecular flexibility index (Phi) is 42.5. The summed E-state index contributed by atoms with van der Waals surface area (Å²) in [5, 5.41) is 2.63. The Morgan fingerprint density at radius 3 is 0.849 bits per heavy atom. The molecule has 53 heavy (non-hydrogen) atoms. The molecule has 0 aromatic carbocycles. The Morgan fingerprint density at radius 2 is 0.604 bits per heavy atom. The normalized spacial score (nSPS) is 11.8. The largest absolute Gasteiger partial charge is 0.444 e. The van der Waals surface area contributed by atoms with Gasteiger partial charge in [0.1, 0.15) is 5.60 Å². The Morgan fingerprint density at radius 1 is 0.358 bits per heavy atom. The molecule has 0 unspecified atom stereocenters. The molecule has 1 amide bonds. The molecule has 0 spiro atoms. The number of carbonyl (C=O) groups excluding carboxylic acids is 1. The molecule has 0 aromatic rings. The lowest BCUT2D eigenvalue weighted by molar-refractivity contribution is -0.0290. The van der Waals surface area contributed by atoms with Gasteiger partial charge in [0.15, 0.2) is 0 Å². The quantitative estimate of drug-likeness (QED) is 0.0899. The van der Waals surface area contributed by atoms with Crippen molar-refractivity contribution in [2.45, 2.75) is 59.0 Å². The molecule has 0 aliphatic carbocycles. The van der Waals surface area contributed by atoms with Crippen molar-refractivity contribution in [2.24, 2.45) is 0 Å². The molecule has 0 aliphatic heterocycles. The lowest BCUT2D eigenvalue weighted by Gasteiger charge is -2.19. The molecule has 0 atom stereocenters. The summed E-state index contributed by atoms with van der Waals surface area (Å²) in [6.45, 7) is 21.5. The van der Waals surface area contributed by atoms with E-state index < -0.39 is 11.7 Å². The van der Waals surface area contributed by atoms with Crippen LogP contribution < -0.4 is 5.32 Å². The lowest BCUT2D eigenvalue weighted by Crippen LogP contribution is -2.34. The van der Waals surface area contributed by atoms with Crippen molar-refractivity contribution in [1.29, 1.82) is 0 Å². The standard InChI is InChI=1S/C37H75NO15/c1-5-6-7-8-10-40-12-14-42-16-18-44-20-22-46-24-26-48-28-30-50-32-34-52-35-33-51-31-29-49-27-25-47-23-21-45-19-17-43-15-13-41-11-9-38-36(39)53-37(2,3)4/h5-35H2,1-4H3,(H,38,39). The van der Waals surface area contributed by atoms with Crippen LogP contribution in [0.4, 0.5) is 4.79 Å². The van der Waals surface area contributed by atoms with Crippen LogP contribution in [0.15, 0.2) is 0 Å². The van der Waals surface area contributed by atoms with Crippen LogP contribution in [0.1, 0.15) is 53.4 Å². The third-order valence-corrected chi connectivity index (χ3v) is 6.52. The molecular weight excluding hydrogens is 698 g/mol. The van der Waals surface area contributed by atoms with Gasteiger partial charge in [0, 0.05) is 13.2 Å². The maximum atomic E-state index is 11.5. The molecule has 0 aliphatic rings. The summed E-state index contributed by atoms with van der Waals surface area (Å²) in [5.74, 6) is 0. The SMILES string of the molecule is CCCCCCOCCOCCOCCOCCOCCOCCOCCOCCOCCOCCOCCOCCOCCNC(=O)OC(C)(C)C. The van der Waals surface area contributed by atoms with Crippen molar-refractivity contribution >= 4 is 6.09 Å². The van der Waals surface area contributed by atoms with Gasteiger partial charge in [-0.15, -0.1) is 0 Å². The molecular formula is C37H75NO15. The van der Waals surface area contributed by atoms with Crippen molar-refractivity contribution in [3.8, 4) is 0 Å². The minimum Gasteiger partial charge on any atom is -0.444 e. The fourth-order valence-corrected chi connectivity index (χ4v) is 3.91. The number of unbranched alkanes of at least 4 members (excludes halogenated alkanes) is 3. The summed E-state index contributed by atoms with van der Waals surface area (Å²) < 4.78 is 76.4. The first-order valence-corrected chi connectivity index (χ1v) is 19.4. The highest BCUT2D eigenvalue weighted by Gasteiger charge is 2.15. The fourth-order valence-electron chi connectivity index (χ4n) is 3.91. The van der Waals surface area contributed by atoms with Crippen LogP contribution in [0.5, 0.6) is 0 Å². The molecule has 0 aromatic heterocycles. The Labute approximate surface area is 319 Å². The van der Waals surface area contributed by atoms with E-state index in [2.05, 4.69) is 12.2 Å². The van der Waals surface area contributed by atoms with Crippen molar-refractivity contribution in [3.05, 3.63) is 0 Å². The van der Waals surface area contributed by atoms with E-state index in [0.29, 0.717) is 172 Å². The zero-order chi connectivity index (χ0) is 38.6. The predicted octanol–water partition coefficient (Wildman–Crippen LogP) is 3.31. The Hall–Kier alpha value is -1.25. The first-order valence-electron chi connectivity index (χ1n) is 19.4. The maximum absolute atomic E-state index is 11.5. The van der Waals surface area contributed by atoms with E-state index in [1.165, 1.54) is 19.3 Å². The van der Waals surface area contributed by atoms with Gasteiger partial charge in [0.25, 0.3) is 0 Å². The van der Waals surface area contributed by atoms with Crippen LogP contribution in [0.25, 0.3) is 0 Å². The second-order valence-electron chi connectivity index (χ2n) is 12.5. The van der Waals surface area contributed by atoms with Gasteiger partial charge in [0.05, 0.1) is 165 Å². The van der Waals surface area contributed by atoms with Gasteiger partial charge in [-0.25, -0.2) is 4.79 Å². The number of hydrogen-bond donors (Lipinski definition) is 1. The van der Waals surface area contributed by atoms with Crippen molar-refractivity contribution in [1.82, 2.24) is 5.32 Å². The second kappa shape index (κ2) is 43.5. The monoisotopic (exact) mass is 774 g/mol. The average molecular weight is 774 g/mol. The summed E-state index contributed by atoms with van der Waals surface area (Å²) in [5.41, 5.74) is -0.513. The molecule has 16 nitrogen and oxygen atoms in total. The number of carbonyl (C=O) groups is 1. The van der Waals surface area contributed by atoms with E-state index >= 15 is 0 Å². The molecule has 0 rings (SSSR count). The summed E-state index contributed by atoms with van der Waals surface area (Å²) in [4.78, 5) is 11.5. The van der Waals surface area contributed by atoms with Crippen LogP contribution in [0, 0.1) is 0 Å². The third-order valence-electron chi connectivity index (χ3n) is 6.52. The highest BCUT2D eigenvalue weighted by Crippen LogP contribution is 2.06. The molecule has 1 N–H and O–H groups in total. The third kappa shape index (κ3) is 48.7. The molecule has 0 saturated carbocycles. The zero-order valence-corrected chi connectivity index (χ0v) is 33.5. The highest BCUT2D eigenvalue weighted by atomic mass is 16.6. The summed E-state index contributed by atoms with van der Waals surface area (Å²) in [6.07, 6.45) is 4.43. The predicted molar refractivity (Wildman–Crippen MR) is 199 cm³/mol. The zero-order valence-electron chi connectivity index (χ0n) is 33.5. The van der Waals surface area contributed by atoms with Gasteiger partial charge in [-0.1, -0.05) is 26.2 Å². The maximum Gasteiger partial charge on any atom is 0.407 e. The Bertz CT molecular complexity index is 718. The first kappa shape index (κ1) is 51.8. The van der Waals surface area contributed by atoms with Crippen LogP contribution in [0.3, 0.4) is 0 Å².